The van der Waals surface area contributed by atoms with Crippen LogP contribution in [0.15, 0.2) is 12.1 Å². The Morgan fingerprint density at radius 2 is 2.21 bits per heavy atom. The van der Waals surface area contributed by atoms with E-state index in [9.17, 15) is 4.79 Å². The molecule has 0 radical (unpaired) electrons. The summed E-state index contributed by atoms with van der Waals surface area (Å²) in [6, 6.07) is 3.95. The summed E-state index contributed by atoms with van der Waals surface area (Å²) >= 11 is 1.59. The fourth-order valence-electron chi connectivity index (χ4n) is 2.11. The Labute approximate surface area is 118 Å². The van der Waals surface area contributed by atoms with Crippen LogP contribution in [0.25, 0.3) is 0 Å². The van der Waals surface area contributed by atoms with Crippen molar-refractivity contribution < 1.29 is 9.53 Å². The monoisotopic (exact) mass is 282 g/mol. The predicted octanol–water partition coefficient (Wildman–Crippen LogP) is 1.76. The van der Waals surface area contributed by atoms with Gasteiger partial charge in [-0.15, -0.1) is 11.3 Å². The number of amides is 1. The first kappa shape index (κ1) is 14.5. The molecule has 0 saturated carbocycles. The number of thiophene rings is 1. The first-order chi connectivity index (χ1) is 9.29. The summed E-state index contributed by atoms with van der Waals surface area (Å²) in [6.45, 7) is 7.58. The molecule has 2 rings (SSSR count). The van der Waals surface area contributed by atoms with E-state index in [0.717, 1.165) is 57.1 Å². The van der Waals surface area contributed by atoms with E-state index in [0.29, 0.717) is 0 Å². The number of carbonyl (C=O) groups excluding carboxylic acids is 1. The summed E-state index contributed by atoms with van der Waals surface area (Å²) in [6.07, 6.45) is 1.99. The van der Waals surface area contributed by atoms with Gasteiger partial charge in [0.2, 0.25) is 0 Å². The van der Waals surface area contributed by atoms with Crippen molar-refractivity contribution in [2.75, 3.05) is 39.4 Å². The smallest absolute Gasteiger partial charge is 0.261 e. The lowest BCUT2D eigenvalue weighted by Crippen LogP contribution is -2.38. The number of nitrogens with one attached hydrogen (secondary N) is 1. The number of hydrogen-bond donors (Lipinski definition) is 1. The number of carbonyl (C=O) groups is 1. The maximum absolute atomic E-state index is 11.9. The molecular formula is C14H22N2O2S. The Morgan fingerprint density at radius 3 is 2.89 bits per heavy atom. The molecule has 0 bridgehead atoms. The maximum Gasteiger partial charge on any atom is 0.261 e. The molecule has 1 aliphatic rings. The van der Waals surface area contributed by atoms with Gasteiger partial charge in [0.25, 0.3) is 5.91 Å². The number of morpholine rings is 1. The van der Waals surface area contributed by atoms with Crippen LogP contribution in [0.5, 0.6) is 0 Å². The second-order valence-electron chi connectivity index (χ2n) is 4.68. The van der Waals surface area contributed by atoms with E-state index >= 15 is 0 Å². The molecule has 1 fully saturated rings. The van der Waals surface area contributed by atoms with E-state index in [1.807, 2.05) is 12.1 Å². The van der Waals surface area contributed by atoms with Gasteiger partial charge in [-0.3, -0.25) is 9.69 Å². The lowest BCUT2D eigenvalue weighted by Gasteiger charge is -2.26. The van der Waals surface area contributed by atoms with Crippen LogP contribution in [0, 0.1) is 0 Å². The van der Waals surface area contributed by atoms with Crippen LogP contribution in [-0.2, 0) is 11.2 Å². The van der Waals surface area contributed by atoms with E-state index < -0.39 is 0 Å². The standard InChI is InChI=1S/C14H22N2O2S/c1-2-12-4-5-13(19-12)14(17)15-6-3-7-16-8-10-18-11-9-16/h4-5H,2-3,6-11H2,1H3,(H,15,17). The van der Waals surface area contributed by atoms with Crippen LogP contribution in [0.3, 0.4) is 0 Å². The van der Waals surface area contributed by atoms with Gasteiger partial charge < -0.3 is 10.1 Å². The highest BCUT2D eigenvalue weighted by Gasteiger charge is 2.10. The van der Waals surface area contributed by atoms with Crippen molar-refractivity contribution in [1.82, 2.24) is 10.2 Å². The molecule has 0 atom stereocenters. The second kappa shape index (κ2) is 7.62. The Bertz CT molecular complexity index is 400. The quantitative estimate of drug-likeness (QED) is 0.809. The van der Waals surface area contributed by atoms with Crippen LogP contribution in [-0.4, -0.2) is 50.2 Å². The number of hydrogen-bond acceptors (Lipinski definition) is 4. The molecule has 1 aliphatic heterocycles. The summed E-state index contributed by atoms with van der Waals surface area (Å²) in [4.78, 5) is 16.4. The van der Waals surface area contributed by atoms with Crippen molar-refractivity contribution in [2.24, 2.45) is 0 Å². The van der Waals surface area contributed by atoms with E-state index in [4.69, 9.17) is 4.74 Å². The summed E-state index contributed by atoms with van der Waals surface area (Å²) in [7, 11) is 0. The highest BCUT2D eigenvalue weighted by atomic mass is 32.1. The van der Waals surface area contributed by atoms with Crippen molar-refractivity contribution in [3.63, 3.8) is 0 Å². The van der Waals surface area contributed by atoms with Crippen LogP contribution in [0.4, 0.5) is 0 Å². The van der Waals surface area contributed by atoms with Crippen LogP contribution in [0.1, 0.15) is 27.9 Å². The Hall–Kier alpha value is -0.910. The molecule has 1 saturated heterocycles. The molecule has 1 N–H and O–H groups in total. The minimum Gasteiger partial charge on any atom is -0.379 e. The van der Waals surface area contributed by atoms with Crippen molar-refractivity contribution in [2.45, 2.75) is 19.8 Å². The topological polar surface area (TPSA) is 41.6 Å². The Balaban J connectivity index is 1.63. The molecule has 0 aromatic carbocycles. The van der Waals surface area contributed by atoms with Gasteiger partial charge in [0.15, 0.2) is 0 Å². The summed E-state index contributed by atoms with van der Waals surface area (Å²) < 4.78 is 5.30. The predicted molar refractivity (Wildman–Crippen MR) is 77.9 cm³/mol. The number of aryl methyl sites for hydroxylation is 1. The van der Waals surface area contributed by atoms with E-state index in [1.165, 1.54) is 4.88 Å². The van der Waals surface area contributed by atoms with Crippen LogP contribution in [0.2, 0.25) is 0 Å². The minimum absolute atomic E-state index is 0.0617. The minimum atomic E-state index is 0.0617. The average molecular weight is 282 g/mol. The van der Waals surface area contributed by atoms with Gasteiger partial charge in [-0.1, -0.05) is 6.92 Å². The average Bonchev–Trinajstić information content (AvgIpc) is 2.93. The molecule has 1 amide bonds. The third-order valence-corrected chi connectivity index (χ3v) is 4.50. The van der Waals surface area contributed by atoms with Gasteiger partial charge in [-0.2, -0.15) is 0 Å². The van der Waals surface area contributed by atoms with Gasteiger partial charge >= 0.3 is 0 Å². The van der Waals surface area contributed by atoms with Gasteiger partial charge in [-0.05, 0) is 31.5 Å². The van der Waals surface area contributed by atoms with Crippen molar-refractivity contribution in [3.8, 4) is 0 Å². The van der Waals surface area contributed by atoms with E-state index in [2.05, 4.69) is 17.1 Å². The molecule has 2 heterocycles. The summed E-state index contributed by atoms with van der Waals surface area (Å²) in [5, 5.41) is 2.99. The maximum atomic E-state index is 11.9. The van der Waals surface area contributed by atoms with E-state index in [1.54, 1.807) is 11.3 Å². The molecular weight excluding hydrogens is 260 g/mol. The largest absolute Gasteiger partial charge is 0.379 e. The van der Waals surface area contributed by atoms with Crippen molar-refractivity contribution >= 4 is 17.2 Å². The van der Waals surface area contributed by atoms with E-state index in [-0.39, 0.29) is 5.91 Å². The number of rotatable bonds is 6. The summed E-state index contributed by atoms with van der Waals surface area (Å²) in [5.74, 6) is 0.0617. The lowest BCUT2D eigenvalue weighted by atomic mass is 10.3. The van der Waals surface area contributed by atoms with Crippen molar-refractivity contribution in [1.29, 1.82) is 0 Å². The van der Waals surface area contributed by atoms with Gasteiger partial charge in [0.05, 0.1) is 18.1 Å². The molecule has 4 nitrogen and oxygen atoms in total. The second-order valence-corrected chi connectivity index (χ2v) is 5.85. The number of ether oxygens (including phenoxy) is 1. The third-order valence-electron chi connectivity index (χ3n) is 3.27. The number of nitrogens with zero attached hydrogens (tertiary/aromatic N) is 1. The highest BCUT2D eigenvalue weighted by Crippen LogP contribution is 2.16. The zero-order valence-electron chi connectivity index (χ0n) is 11.5. The molecule has 5 heteroatoms. The molecule has 1 aromatic heterocycles. The molecule has 1 aromatic rings. The molecule has 0 spiro atoms. The molecule has 0 aliphatic carbocycles. The highest BCUT2D eigenvalue weighted by molar-refractivity contribution is 7.14. The van der Waals surface area contributed by atoms with Crippen molar-refractivity contribution in [3.05, 3.63) is 21.9 Å². The zero-order valence-corrected chi connectivity index (χ0v) is 12.3. The van der Waals surface area contributed by atoms with Gasteiger partial charge in [0.1, 0.15) is 0 Å². The third kappa shape index (κ3) is 4.60. The Morgan fingerprint density at radius 1 is 1.42 bits per heavy atom. The molecule has 0 unspecified atom stereocenters. The fourth-order valence-corrected chi connectivity index (χ4v) is 2.97. The normalized spacial score (nSPS) is 16.5. The lowest BCUT2D eigenvalue weighted by molar-refractivity contribution is 0.0374. The first-order valence-electron chi connectivity index (χ1n) is 6.96. The van der Waals surface area contributed by atoms with Gasteiger partial charge in [-0.25, -0.2) is 0 Å². The van der Waals surface area contributed by atoms with Crippen LogP contribution < -0.4 is 5.32 Å². The van der Waals surface area contributed by atoms with Gasteiger partial charge in [0, 0.05) is 24.5 Å². The zero-order chi connectivity index (χ0) is 13.5. The SMILES string of the molecule is CCc1ccc(C(=O)NCCCN2CCOCC2)s1. The Kier molecular flexibility index (Phi) is 5.82. The molecule has 106 valence electrons. The first-order valence-corrected chi connectivity index (χ1v) is 7.78. The fraction of sp³-hybridized carbons (Fsp3) is 0.643. The van der Waals surface area contributed by atoms with Crippen LogP contribution >= 0.6 is 11.3 Å². The molecule has 19 heavy (non-hydrogen) atoms. The summed E-state index contributed by atoms with van der Waals surface area (Å²) in [5.41, 5.74) is 0.